The van der Waals surface area contributed by atoms with Crippen LogP contribution < -0.4 is 5.32 Å². The van der Waals surface area contributed by atoms with Gasteiger partial charge in [0.2, 0.25) is 0 Å². The van der Waals surface area contributed by atoms with Gasteiger partial charge >= 0.3 is 0 Å². The van der Waals surface area contributed by atoms with Gasteiger partial charge in [-0.1, -0.05) is 26.3 Å². The van der Waals surface area contributed by atoms with E-state index in [2.05, 4.69) is 19.2 Å². The lowest BCUT2D eigenvalue weighted by molar-refractivity contribution is 0.238. The number of hydrogen-bond donors (Lipinski definition) is 2. The molecule has 90 valence electrons. The van der Waals surface area contributed by atoms with Crippen LogP contribution in [0, 0.1) is 11.7 Å². The summed E-state index contributed by atoms with van der Waals surface area (Å²) >= 11 is 0. The second-order valence-corrected chi connectivity index (χ2v) is 4.21. The first-order valence-electron chi connectivity index (χ1n) is 5.80. The number of halogens is 1. The van der Waals surface area contributed by atoms with Crippen molar-refractivity contribution in [2.75, 3.05) is 11.9 Å². The zero-order valence-electron chi connectivity index (χ0n) is 9.91. The Kier molecular flexibility index (Phi) is 5.26. The van der Waals surface area contributed by atoms with Gasteiger partial charge in [0.05, 0.1) is 12.6 Å². The average Bonchev–Trinajstić information content (AvgIpc) is 2.26. The Labute approximate surface area is 96.5 Å². The molecule has 0 aromatic heterocycles. The summed E-state index contributed by atoms with van der Waals surface area (Å²) in [5, 5.41) is 12.5. The van der Waals surface area contributed by atoms with E-state index in [1.165, 1.54) is 12.1 Å². The highest BCUT2D eigenvalue weighted by atomic mass is 19.1. The molecule has 3 heteroatoms. The SMILES string of the molecule is CCCC(C)C(CO)Nc1cccc(F)c1. The topological polar surface area (TPSA) is 32.3 Å². The Bertz CT molecular complexity index is 317. The van der Waals surface area contributed by atoms with Gasteiger partial charge in [0.25, 0.3) is 0 Å². The predicted octanol–water partition coefficient (Wildman–Crippen LogP) is 3.03. The number of rotatable bonds is 6. The van der Waals surface area contributed by atoms with Crippen molar-refractivity contribution in [1.29, 1.82) is 0 Å². The Morgan fingerprint density at radius 1 is 1.44 bits per heavy atom. The molecule has 0 heterocycles. The van der Waals surface area contributed by atoms with Gasteiger partial charge in [0.15, 0.2) is 0 Å². The molecule has 0 aliphatic carbocycles. The largest absolute Gasteiger partial charge is 0.394 e. The van der Waals surface area contributed by atoms with E-state index < -0.39 is 0 Å². The number of hydrogen-bond acceptors (Lipinski definition) is 2. The van der Waals surface area contributed by atoms with Gasteiger partial charge in [-0.2, -0.15) is 0 Å². The molecule has 16 heavy (non-hydrogen) atoms. The minimum Gasteiger partial charge on any atom is -0.394 e. The molecule has 1 aromatic rings. The molecule has 0 fully saturated rings. The van der Waals surface area contributed by atoms with E-state index in [0.717, 1.165) is 18.5 Å². The number of anilines is 1. The summed E-state index contributed by atoms with van der Waals surface area (Å²) in [5.74, 6) is 0.114. The summed E-state index contributed by atoms with van der Waals surface area (Å²) in [6, 6.07) is 6.32. The third-order valence-electron chi connectivity index (χ3n) is 2.80. The summed E-state index contributed by atoms with van der Waals surface area (Å²) in [6.07, 6.45) is 2.13. The van der Waals surface area contributed by atoms with Crippen LogP contribution in [0.5, 0.6) is 0 Å². The molecule has 0 saturated carbocycles. The summed E-state index contributed by atoms with van der Waals surface area (Å²) < 4.78 is 13.0. The van der Waals surface area contributed by atoms with Crippen LogP contribution in [0.3, 0.4) is 0 Å². The summed E-state index contributed by atoms with van der Waals surface area (Å²) in [7, 11) is 0. The maximum Gasteiger partial charge on any atom is 0.125 e. The Balaban J connectivity index is 2.62. The third kappa shape index (κ3) is 3.81. The summed E-state index contributed by atoms with van der Waals surface area (Å²) in [5.41, 5.74) is 0.724. The molecule has 1 aromatic carbocycles. The molecule has 0 aliphatic heterocycles. The van der Waals surface area contributed by atoms with E-state index in [1.54, 1.807) is 6.07 Å². The van der Waals surface area contributed by atoms with Crippen LogP contribution >= 0.6 is 0 Å². The van der Waals surface area contributed by atoms with Crippen LogP contribution in [-0.2, 0) is 0 Å². The molecule has 2 nitrogen and oxygen atoms in total. The fourth-order valence-electron chi connectivity index (χ4n) is 1.82. The summed E-state index contributed by atoms with van der Waals surface area (Å²) in [4.78, 5) is 0. The van der Waals surface area contributed by atoms with E-state index in [-0.39, 0.29) is 18.5 Å². The second-order valence-electron chi connectivity index (χ2n) is 4.21. The molecule has 2 atom stereocenters. The van der Waals surface area contributed by atoms with Gasteiger partial charge in [0, 0.05) is 5.69 Å². The van der Waals surface area contributed by atoms with Crippen molar-refractivity contribution < 1.29 is 9.50 Å². The predicted molar refractivity (Wildman–Crippen MR) is 65.0 cm³/mol. The van der Waals surface area contributed by atoms with Crippen molar-refractivity contribution >= 4 is 5.69 Å². The van der Waals surface area contributed by atoms with Crippen LogP contribution in [-0.4, -0.2) is 17.8 Å². The van der Waals surface area contributed by atoms with Crippen molar-refractivity contribution in [2.45, 2.75) is 32.7 Å². The number of nitrogens with one attached hydrogen (secondary N) is 1. The van der Waals surface area contributed by atoms with E-state index in [1.807, 2.05) is 6.07 Å². The average molecular weight is 225 g/mol. The molecule has 0 radical (unpaired) electrons. The molecular weight excluding hydrogens is 205 g/mol. The molecular formula is C13H20FNO. The first kappa shape index (κ1) is 13.0. The van der Waals surface area contributed by atoms with Gasteiger partial charge < -0.3 is 10.4 Å². The van der Waals surface area contributed by atoms with Gasteiger partial charge in [0.1, 0.15) is 5.82 Å². The molecule has 1 rings (SSSR count). The van der Waals surface area contributed by atoms with Crippen LogP contribution in [0.15, 0.2) is 24.3 Å². The third-order valence-corrected chi connectivity index (χ3v) is 2.80. The minimum absolute atomic E-state index is 0.0123. The zero-order chi connectivity index (χ0) is 12.0. The van der Waals surface area contributed by atoms with Crippen LogP contribution in [0.1, 0.15) is 26.7 Å². The maximum absolute atomic E-state index is 13.0. The highest BCUT2D eigenvalue weighted by Crippen LogP contribution is 2.17. The Morgan fingerprint density at radius 2 is 2.19 bits per heavy atom. The van der Waals surface area contributed by atoms with Gasteiger partial charge in [-0.3, -0.25) is 0 Å². The fourth-order valence-corrected chi connectivity index (χ4v) is 1.82. The van der Waals surface area contributed by atoms with Gasteiger partial charge in [-0.15, -0.1) is 0 Å². The second kappa shape index (κ2) is 6.48. The molecule has 2 N–H and O–H groups in total. The number of aliphatic hydroxyl groups is 1. The molecule has 0 amide bonds. The minimum atomic E-state index is -0.259. The quantitative estimate of drug-likeness (QED) is 0.780. The zero-order valence-corrected chi connectivity index (χ0v) is 9.91. The molecule has 0 saturated heterocycles. The van der Waals surface area contributed by atoms with E-state index in [9.17, 15) is 9.50 Å². The van der Waals surface area contributed by atoms with Crippen LogP contribution in [0.25, 0.3) is 0 Å². The molecule has 0 spiro atoms. The van der Waals surface area contributed by atoms with E-state index >= 15 is 0 Å². The fraction of sp³-hybridized carbons (Fsp3) is 0.538. The monoisotopic (exact) mass is 225 g/mol. The maximum atomic E-state index is 13.0. The van der Waals surface area contributed by atoms with Crippen molar-refractivity contribution in [3.63, 3.8) is 0 Å². The standard InChI is InChI=1S/C13H20FNO/c1-3-5-10(2)13(9-16)15-12-7-4-6-11(14)8-12/h4,6-8,10,13,15-16H,3,5,9H2,1-2H3. The highest BCUT2D eigenvalue weighted by molar-refractivity contribution is 5.44. The van der Waals surface area contributed by atoms with Crippen molar-refractivity contribution in [1.82, 2.24) is 0 Å². The van der Waals surface area contributed by atoms with E-state index in [4.69, 9.17) is 0 Å². The van der Waals surface area contributed by atoms with Crippen LogP contribution in [0.4, 0.5) is 10.1 Å². The number of benzene rings is 1. The highest BCUT2D eigenvalue weighted by Gasteiger charge is 2.15. The first-order chi connectivity index (χ1) is 7.67. The lowest BCUT2D eigenvalue weighted by atomic mass is 9.97. The number of aliphatic hydroxyl groups excluding tert-OH is 1. The van der Waals surface area contributed by atoms with Gasteiger partial charge in [-0.05, 0) is 30.5 Å². The van der Waals surface area contributed by atoms with Gasteiger partial charge in [-0.25, -0.2) is 4.39 Å². The van der Waals surface area contributed by atoms with Crippen molar-refractivity contribution in [2.24, 2.45) is 5.92 Å². The molecule has 0 aliphatic rings. The lowest BCUT2D eigenvalue weighted by Gasteiger charge is -2.24. The van der Waals surface area contributed by atoms with Crippen molar-refractivity contribution in [3.05, 3.63) is 30.1 Å². The first-order valence-corrected chi connectivity index (χ1v) is 5.80. The molecule has 2 unspecified atom stereocenters. The van der Waals surface area contributed by atoms with Crippen LogP contribution in [0.2, 0.25) is 0 Å². The molecule has 0 bridgehead atoms. The normalized spacial score (nSPS) is 14.5. The Morgan fingerprint density at radius 3 is 2.75 bits per heavy atom. The van der Waals surface area contributed by atoms with E-state index in [0.29, 0.717) is 5.92 Å². The summed E-state index contributed by atoms with van der Waals surface area (Å²) in [6.45, 7) is 4.28. The smallest absolute Gasteiger partial charge is 0.125 e. The lowest BCUT2D eigenvalue weighted by Crippen LogP contribution is -2.31. The Hall–Kier alpha value is -1.09. The van der Waals surface area contributed by atoms with Crippen molar-refractivity contribution in [3.8, 4) is 0 Å².